The van der Waals surface area contributed by atoms with Crippen molar-refractivity contribution in [2.24, 2.45) is 0 Å². The molecule has 0 aliphatic rings. The molecule has 0 spiro atoms. The lowest BCUT2D eigenvalue weighted by atomic mass is 10.3. The van der Waals surface area contributed by atoms with Gasteiger partial charge in [0.25, 0.3) is 0 Å². The first-order chi connectivity index (χ1) is 6.35. The molecule has 0 bridgehead atoms. The minimum atomic E-state index is -3.31. The molecule has 14 heavy (non-hydrogen) atoms. The van der Waals surface area contributed by atoms with Gasteiger partial charge in [-0.05, 0) is 48.0 Å². The molecule has 0 N–H and O–H groups in total. The van der Waals surface area contributed by atoms with Gasteiger partial charge in [-0.15, -0.1) is 0 Å². The predicted octanol–water partition coefficient (Wildman–Crippen LogP) is 2.77. The zero-order valence-electron chi connectivity index (χ0n) is 7.79. The highest BCUT2D eigenvalue weighted by Gasteiger charge is 2.19. The molecule has 0 aromatic heterocycles. The van der Waals surface area contributed by atoms with Crippen LogP contribution in [0.1, 0.15) is 13.8 Å². The van der Waals surface area contributed by atoms with Gasteiger partial charge in [0.2, 0.25) is 0 Å². The SMILES string of the molecule is CC(C)S(=O)(=O)c1ccc(F)c(Br)c1. The van der Waals surface area contributed by atoms with Crippen LogP contribution in [-0.4, -0.2) is 13.7 Å². The monoisotopic (exact) mass is 280 g/mol. The summed E-state index contributed by atoms with van der Waals surface area (Å²) in [5, 5.41) is -0.500. The molecule has 2 nitrogen and oxygen atoms in total. The van der Waals surface area contributed by atoms with Gasteiger partial charge in [-0.2, -0.15) is 0 Å². The van der Waals surface area contributed by atoms with Crippen molar-refractivity contribution < 1.29 is 12.8 Å². The van der Waals surface area contributed by atoms with E-state index in [-0.39, 0.29) is 9.37 Å². The van der Waals surface area contributed by atoms with E-state index in [1.54, 1.807) is 13.8 Å². The maximum absolute atomic E-state index is 12.8. The van der Waals surface area contributed by atoms with E-state index >= 15 is 0 Å². The number of sulfone groups is 1. The second kappa shape index (κ2) is 3.98. The van der Waals surface area contributed by atoms with Crippen LogP contribution in [0.2, 0.25) is 0 Å². The van der Waals surface area contributed by atoms with Gasteiger partial charge in [-0.3, -0.25) is 0 Å². The minimum Gasteiger partial charge on any atom is -0.223 e. The first-order valence-corrected chi connectivity index (χ1v) is 6.38. The summed E-state index contributed by atoms with van der Waals surface area (Å²) in [6.45, 7) is 3.18. The van der Waals surface area contributed by atoms with Crippen molar-refractivity contribution >= 4 is 25.8 Å². The highest BCUT2D eigenvalue weighted by Crippen LogP contribution is 2.22. The number of rotatable bonds is 2. The van der Waals surface area contributed by atoms with Crippen LogP contribution >= 0.6 is 15.9 Å². The fourth-order valence-electron chi connectivity index (χ4n) is 0.926. The Kier molecular flexibility index (Phi) is 3.32. The first-order valence-electron chi connectivity index (χ1n) is 4.04. The smallest absolute Gasteiger partial charge is 0.180 e. The molecule has 1 rings (SSSR count). The van der Waals surface area contributed by atoms with E-state index in [0.29, 0.717) is 0 Å². The average molecular weight is 281 g/mol. The molecule has 0 heterocycles. The molecule has 5 heteroatoms. The Morgan fingerprint density at radius 3 is 2.36 bits per heavy atom. The van der Waals surface area contributed by atoms with Crippen molar-refractivity contribution in [1.29, 1.82) is 0 Å². The van der Waals surface area contributed by atoms with Crippen molar-refractivity contribution in [3.8, 4) is 0 Å². The highest BCUT2D eigenvalue weighted by molar-refractivity contribution is 9.10. The maximum Gasteiger partial charge on any atom is 0.180 e. The Morgan fingerprint density at radius 1 is 1.36 bits per heavy atom. The molecule has 0 unspecified atom stereocenters. The topological polar surface area (TPSA) is 34.1 Å². The average Bonchev–Trinajstić information content (AvgIpc) is 2.09. The Bertz CT molecular complexity index is 440. The second-order valence-corrected chi connectivity index (χ2v) is 6.53. The largest absolute Gasteiger partial charge is 0.223 e. The Morgan fingerprint density at radius 2 is 1.93 bits per heavy atom. The number of hydrogen-bond donors (Lipinski definition) is 0. The maximum atomic E-state index is 12.8. The summed E-state index contributed by atoms with van der Waals surface area (Å²) in [6, 6.07) is 3.69. The fourth-order valence-corrected chi connectivity index (χ4v) is 2.54. The number of halogens is 2. The van der Waals surface area contributed by atoms with E-state index in [1.807, 2.05) is 0 Å². The van der Waals surface area contributed by atoms with Crippen LogP contribution in [0.5, 0.6) is 0 Å². The summed E-state index contributed by atoms with van der Waals surface area (Å²) in [5.41, 5.74) is 0. The van der Waals surface area contributed by atoms with Crippen LogP contribution in [0.15, 0.2) is 27.6 Å². The summed E-state index contributed by atoms with van der Waals surface area (Å²) in [4.78, 5) is 0.140. The van der Waals surface area contributed by atoms with Crippen LogP contribution in [0, 0.1) is 5.82 Å². The normalized spacial score (nSPS) is 12.1. The van der Waals surface area contributed by atoms with Crippen molar-refractivity contribution in [3.05, 3.63) is 28.5 Å². The highest BCUT2D eigenvalue weighted by atomic mass is 79.9. The van der Waals surface area contributed by atoms with Crippen LogP contribution in [0.25, 0.3) is 0 Å². The third-order valence-corrected chi connectivity index (χ3v) is 4.60. The van der Waals surface area contributed by atoms with Gasteiger partial charge in [0, 0.05) is 0 Å². The quantitative estimate of drug-likeness (QED) is 0.781. The summed E-state index contributed by atoms with van der Waals surface area (Å²) in [7, 11) is -3.31. The van der Waals surface area contributed by atoms with E-state index in [9.17, 15) is 12.8 Å². The molecule has 0 saturated heterocycles. The van der Waals surface area contributed by atoms with Crippen LogP contribution < -0.4 is 0 Å². The molecule has 1 aromatic rings. The van der Waals surface area contributed by atoms with E-state index in [1.165, 1.54) is 12.1 Å². The van der Waals surface area contributed by atoms with Gasteiger partial charge in [0.1, 0.15) is 5.82 Å². The molecule has 0 aliphatic carbocycles. The van der Waals surface area contributed by atoms with Crippen molar-refractivity contribution in [2.75, 3.05) is 0 Å². The third-order valence-electron chi connectivity index (χ3n) is 1.84. The summed E-state index contributed by atoms with van der Waals surface area (Å²) >= 11 is 2.95. The molecule has 0 amide bonds. The summed E-state index contributed by atoms with van der Waals surface area (Å²) in [5.74, 6) is -0.465. The summed E-state index contributed by atoms with van der Waals surface area (Å²) < 4.78 is 36.3. The predicted molar refractivity (Wildman–Crippen MR) is 56.4 cm³/mol. The second-order valence-electron chi connectivity index (χ2n) is 3.17. The van der Waals surface area contributed by atoms with Crippen LogP contribution in [0.3, 0.4) is 0 Å². The lowest BCUT2D eigenvalue weighted by Gasteiger charge is -2.07. The zero-order valence-corrected chi connectivity index (χ0v) is 10.2. The Hall–Kier alpha value is -0.420. The molecular formula is C9H10BrFO2S. The van der Waals surface area contributed by atoms with Gasteiger partial charge in [-0.25, -0.2) is 12.8 Å². The molecular weight excluding hydrogens is 271 g/mol. The van der Waals surface area contributed by atoms with E-state index in [0.717, 1.165) is 6.07 Å². The molecule has 78 valence electrons. The van der Waals surface area contributed by atoms with Gasteiger partial charge >= 0.3 is 0 Å². The Labute approximate surface area is 91.2 Å². The molecule has 0 radical (unpaired) electrons. The lowest BCUT2D eigenvalue weighted by Crippen LogP contribution is -2.13. The first kappa shape index (κ1) is 11.7. The van der Waals surface area contributed by atoms with E-state index < -0.39 is 20.9 Å². The standard InChI is InChI=1S/C9H10BrFO2S/c1-6(2)14(12,13)7-3-4-9(11)8(10)5-7/h3-6H,1-2H3. The molecule has 0 saturated carbocycles. The minimum absolute atomic E-state index is 0.140. The number of hydrogen-bond acceptors (Lipinski definition) is 2. The van der Waals surface area contributed by atoms with Crippen molar-refractivity contribution in [2.45, 2.75) is 24.0 Å². The van der Waals surface area contributed by atoms with E-state index in [4.69, 9.17) is 0 Å². The third kappa shape index (κ3) is 2.15. The molecule has 0 aliphatic heterocycles. The molecule has 0 fully saturated rings. The van der Waals surface area contributed by atoms with Gasteiger partial charge in [0.05, 0.1) is 14.6 Å². The zero-order chi connectivity index (χ0) is 10.9. The van der Waals surface area contributed by atoms with Crippen molar-refractivity contribution in [1.82, 2.24) is 0 Å². The Balaban J connectivity index is 3.29. The molecule has 1 aromatic carbocycles. The number of benzene rings is 1. The summed E-state index contributed by atoms with van der Waals surface area (Å²) in [6.07, 6.45) is 0. The van der Waals surface area contributed by atoms with Gasteiger partial charge < -0.3 is 0 Å². The van der Waals surface area contributed by atoms with Crippen LogP contribution in [0.4, 0.5) is 4.39 Å². The molecule has 0 atom stereocenters. The fraction of sp³-hybridized carbons (Fsp3) is 0.333. The lowest BCUT2D eigenvalue weighted by molar-refractivity contribution is 0.586. The van der Waals surface area contributed by atoms with E-state index in [2.05, 4.69) is 15.9 Å². The van der Waals surface area contributed by atoms with Gasteiger partial charge in [-0.1, -0.05) is 0 Å². The van der Waals surface area contributed by atoms with Crippen molar-refractivity contribution in [3.63, 3.8) is 0 Å². The van der Waals surface area contributed by atoms with Gasteiger partial charge in [0.15, 0.2) is 9.84 Å². The van der Waals surface area contributed by atoms with Crippen LogP contribution in [-0.2, 0) is 9.84 Å².